The molecule has 0 fully saturated rings. The first-order valence-corrected chi connectivity index (χ1v) is 9.92. The molecule has 0 aliphatic heterocycles. The summed E-state index contributed by atoms with van der Waals surface area (Å²) in [6, 6.07) is 16.5. The Bertz CT molecular complexity index is 946. The molecule has 0 bridgehead atoms. The zero-order valence-electron chi connectivity index (χ0n) is 16.7. The molecule has 0 saturated carbocycles. The van der Waals surface area contributed by atoms with Crippen LogP contribution in [0, 0.1) is 0 Å². The number of anilines is 2. The number of halogens is 3. The van der Waals surface area contributed by atoms with Gasteiger partial charge in [-0.1, -0.05) is 62.2 Å². The third kappa shape index (κ3) is 6.20. The van der Waals surface area contributed by atoms with Crippen molar-refractivity contribution in [2.75, 3.05) is 5.32 Å². The van der Waals surface area contributed by atoms with E-state index >= 15 is 0 Å². The molecule has 3 rings (SSSR count). The van der Waals surface area contributed by atoms with Crippen LogP contribution < -0.4 is 10.1 Å². The number of unbranched alkanes of at least 4 members (excludes halogenated alkanes) is 2. The van der Waals surface area contributed by atoms with Crippen LogP contribution in [0.5, 0.6) is 6.01 Å². The highest BCUT2D eigenvalue weighted by molar-refractivity contribution is 5.60. The smallest absolute Gasteiger partial charge is 0.421 e. The Morgan fingerprint density at radius 3 is 2.47 bits per heavy atom. The van der Waals surface area contributed by atoms with Crippen LogP contribution in [0.4, 0.5) is 24.7 Å². The lowest BCUT2D eigenvalue weighted by Crippen LogP contribution is -2.12. The highest BCUT2D eigenvalue weighted by atomic mass is 19.4. The van der Waals surface area contributed by atoms with Gasteiger partial charge in [0.25, 0.3) is 0 Å². The molecular weight excluding hydrogens is 391 g/mol. The Kier molecular flexibility index (Phi) is 7.27. The molecular formula is C23H24F3N3O. The van der Waals surface area contributed by atoms with Crippen LogP contribution in [0.1, 0.15) is 42.9 Å². The summed E-state index contributed by atoms with van der Waals surface area (Å²) in [6.45, 7) is 2.29. The van der Waals surface area contributed by atoms with Crippen LogP contribution in [0.2, 0.25) is 0 Å². The number of alkyl halides is 3. The van der Waals surface area contributed by atoms with Crippen LogP contribution in [-0.2, 0) is 19.2 Å². The summed E-state index contributed by atoms with van der Waals surface area (Å²) < 4.78 is 45.9. The van der Waals surface area contributed by atoms with E-state index in [9.17, 15) is 13.2 Å². The lowest BCUT2D eigenvalue weighted by Gasteiger charge is -2.15. The van der Waals surface area contributed by atoms with Gasteiger partial charge >= 0.3 is 12.2 Å². The lowest BCUT2D eigenvalue weighted by molar-refractivity contribution is -0.137. The van der Waals surface area contributed by atoms with Gasteiger partial charge in [-0.05, 0) is 36.1 Å². The maximum Gasteiger partial charge on any atom is 0.421 e. The van der Waals surface area contributed by atoms with E-state index < -0.39 is 11.7 Å². The summed E-state index contributed by atoms with van der Waals surface area (Å²) >= 11 is 0. The van der Waals surface area contributed by atoms with Gasteiger partial charge in [-0.2, -0.15) is 18.2 Å². The largest absolute Gasteiger partial charge is 0.459 e. The molecule has 0 aliphatic carbocycles. The number of nitrogens with one attached hydrogen (secondary N) is 1. The minimum atomic E-state index is -4.58. The molecule has 1 N–H and O–H groups in total. The maximum atomic E-state index is 13.5. The number of hydrogen-bond acceptors (Lipinski definition) is 4. The number of aromatic nitrogens is 2. The highest BCUT2D eigenvalue weighted by Gasteiger charge is 2.35. The van der Waals surface area contributed by atoms with Crippen molar-refractivity contribution in [2.45, 2.75) is 45.4 Å². The molecule has 0 saturated heterocycles. The predicted molar refractivity (Wildman–Crippen MR) is 111 cm³/mol. The quantitative estimate of drug-likeness (QED) is 0.403. The topological polar surface area (TPSA) is 47.0 Å². The molecule has 1 aromatic heterocycles. The monoisotopic (exact) mass is 415 g/mol. The van der Waals surface area contributed by atoms with Gasteiger partial charge in [0.1, 0.15) is 18.0 Å². The van der Waals surface area contributed by atoms with E-state index in [1.54, 1.807) is 6.07 Å². The average molecular weight is 415 g/mol. The minimum absolute atomic E-state index is 0.117. The van der Waals surface area contributed by atoms with E-state index in [1.165, 1.54) is 0 Å². The Hall–Kier alpha value is -3.09. The number of aryl methyl sites for hydroxylation is 1. The Labute approximate surface area is 174 Å². The Morgan fingerprint density at radius 1 is 0.967 bits per heavy atom. The normalized spacial score (nSPS) is 11.3. The summed E-state index contributed by atoms with van der Waals surface area (Å²) in [7, 11) is 0. The summed E-state index contributed by atoms with van der Waals surface area (Å²) in [5.41, 5.74) is 1.54. The number of benzene rings is 2. The molecule has 4 nitrogen and oxygen atoms in total. The van der Waals surface area contributed by atoms with Gasteiger partial charge < -0.3 is 10.1 Å². The molecule has 158 valence electrons. The van der Waals surface area contributed by atoms with E-state index in [0.717, 1.165) is 43.0 Å². The molecule has 30 heavy (non-hydrogen) atoms. The first-order chi connectivity index (χ1) is 14.5. The summed E-state index contributed by atoms with van der Waals surface area (Å²) in [5, 5.41) is 2.80. The van der Waals surface area contributed by atoms with E-state index in [2.05, 4.69) is 22.2 Å². The van der Waals surface area contributed by atoms with Crippen molar-refractivity contribution in [1.82, 2.24) is 9.97 Å². The zero-order chi connectivity index (χ0) is 21.4. The van der Waals surface area contributed by atoms with Gasteiger partial charge in [0.05, 0.1) is 0 Å². The van der Waals surface area contributed by atoms with Crippen molar-refractivity contribution in [2.24, 2.45) is 0 Å². The van der Waals surface area contributed by atoms with Crippen molar-refractivity contribution >= 4 is 11.5 Å². The fourth-order valence-electron chi connectivity index (χ4n) is 2.98. The van der Waals surface area contributed by atoms with Crippen LogP contribution >= 0.6 is 0 Å². The van der Waals surface area contributed by atoms with Gasteiger partial charge in [0.15, 0.2) is 0 Å². The van der Waals surface area contributed by atoms with Gasteiger partial charge in [0.2, 0.25) is 0 Å². The second kappa shape index (κ2) is 10.1. The molecule has 7 heteroatoms. The molecule has 0 radical (unpaired) electrons. The van der Waals surface area contributed by atoms with Gasteiger partial charge in [-0.15, -0.1) is 0 Å². The summed E-state index contributed by atoms with van der Waals surface area (Å²) in [6.07, 6.45) is 0.312. The standard InChI is InChI=1S/C23H24F3N3O/c1-2-3-5-9-17-12-8-13-19(14-17)28-21-20(23(24,25)26)15-27-22(29-21)30-16-18-10-6-4-7-11-18/h4,6-8,10-15H,2-3,5,9,16H2,1H3,(H,27,28,29). The Balaban J connectivity index is 1.80. The number of nitrogens with zero attached hydrogens (tertiary/aromatic N) is 2. The molecule has 2 aromatic carbocycles. The molecule has 0 aliphatic rings. The molecule has 0 spiro atoms. The highest BCUT2D eigenvalue weighted by Crippen LogP contribution is 2.35. The van der Waals surface area contributed by atoms with Crippen molar-refractivity contribution in [3.63, 3.8) is 0 Å². The fraction of sp³-hybridized carbons (Fsp3) is 0.304. The second-order valence-corrected chi connectivity index (χ2v) is 6.97. The molecule has 3 aromatic rings. The third-order valence-corrected chi connectivity index (χ3v) is 4.54. The fourth-order valence-corrected chi connectivity index (χ4v) is 2.98. The van der Waals surface area contributed by atoms with Gasteiger partial charge in [-0.25, -0.2) is 4.98 Å². The first-order valence-electron chi connectivity index (χ1n) is 9.92. The SMILES string of the molecule is CCCCCc1cccc(Nc2nc(OCc3ccccc3)ncc2C(F)(F)F)c1. The van der Waals surface area contributed by atoms with E-state index in [4.69, 9.17) is 4.74 Å². The number of hydrogen-bond donors (Lipinski definition) is 1. The molecule has 0 unspecified atom stereocenters. The van der Waals surface area contributed by atoms with Gasteiger partial charge in [0, 0.05) is 11.9 Å². The number of rotatable bonds is 9. The lowest BCUT2D eigenvalue weighted by atomic mass is 10.1. The molecule has 1 heterocycles. The number of ether oxygens (including phenoxy) is 1. The van der Waals surface area contributed by atoms with Crippen LogP contribution in [0.25, 0.3) is 0 Å². The van der Waals surface area contributed by atoms with Crippen molar-refractivity contribution < 1.29 is 17.9 Å². The van der Waals surface area contributed by atoms with Crippen LogP contribution in [0.3, 0.4) is 0 Å². The van der Waals surface area contributed by atoms with E-state index in [-0.39, 0.29) is 18.4 Å². The van der Waals surface area contributed by atoms with Crippen LogP contribution in [-0.4, -0.2) is 9.97 Å². The first kappa shape index (κ1) is 21.6. The maximum absolute atomic E-state index is 13.5. The Morgan fingerprint density at radius 2 is 1.73 bits per heavy atom. The average Bonchev–Trinajstić information content (AvgIpc) is 2.73. The molecule has 0 atom stereocenters. The summed E-state index contributed by atoms with van der Waals surface area (Å²) in [4.78, 5) is 7.73. The van der Waals surface area contributed by atoms with E-state index in [1.807, 2.05) is 48.5 Å². The second-order valence-electron chi connectivity index (χ2n) is 6.97. The minimum Gasteiger partial charge on any atom is -0.459 e. The van der Waals surface area contributed by atoms with E-state index in [0.29, 0.717) is 5.69 Å². The zero-order valence-corrected chi connectivity index (χ0v) is 16.7. The van der Waals surface area contributed by atoms with Gasteiger partial charge in [-0.3, -0.25) is 0 Å². The predicted octanol–water partition coefficient (Wildman–Crippen LogP) is 6.55. The van der Waals surface area contributed by atoms with Crippen molar-refractivity contribution in [3.8, 4) is 6.01 Å². The third-order valence-electron chi connectivity index (χ3n) is 4.54. The molecule has 0 amide bonds. The summed E-state index contributed by atoms with van der Waals surface area (Å²) in [5.74, 6) is -0.328. The van der Waals surface area contributed by atoms with Crippen molar-refractivity contribution in [1.29, 1.82) is 0 Å². The van der Waals surface area contributed by atoms with Crippen molar-refractivity contribution in [3.05, 3.63) is 77.5 Å². The van der Waals surface area contributed by atoms with Crippen LogP contribution in [0.15, 0.2) is 60.8 Å².